The number of amides is 1. The van der Waals surface area contributed by atoms with E-state index in [1.54, 1.807) is 12.0 Å². The van der Waals surface area contributed by atoms with Crippen LogP contribution in [0.2, 0.25) is 0 Å². The fraction of sp³-hybridized carbons (Fsp3) is 0.500. The van der Waals surface area contributed by atoms with E-state index in [0.29, 0.717) is 25.3 Å². The molecule has 1 amide bonds. The molecule has 4 rings (SSSR count). The average molecular weight is 331 g/mol. The van der Waals surface area contributed by atoms with Gasteiger partial charge in [-0.15, -0.1) is 0 Å². The van der Waals surface area contributed by atoms with E-state index in [1.165, 1.54) is 7.11 Å². The van der Waals surface area contributed by atoms with E-state index >= 15 is 0 Å². The summed E-state index contributed by atoms with van der Waals surface area (Å²) >= 11 is 0. The van der Waals surface area contributed by atoms with Gasteiger partial charge in [0.15, 0.2) is 11.5 Å². The van der Waals surface area contributed by atoms with Crippen LogP contribution < -0.4 is 9.47 Å². The van der Waals surface area contributed by atoms with Crippen LogP contribution >= 0.6 is 0 Å². The van der Waals surface area contributed by atoms with Gasteiger partial charge in [0.25, 0.3) is 0 Å². The Balaban J connectivity index is 1.88. The highest BCUT2D eigenvalue weighted by Crippen LogP contribution is 2.55. The molecule has 1 aliphatic carbocycles. The first-order valence-corrected chi connectivity index (χ1v) is 8.16. The van der Waals surface area contributed by atoms with Crippen LogP contribution in [0.3, 0.4) is 0 Å². The molecule has 0 fully saturated rings. The molecule has 1 N–H and O–H groups in total. The summed E-state index contributed by atoms with van der Waals surface area (Å²) in [6.45, 7) is 1.05. The third-order valence-electron chi connectivity index (χ3n) is 5.39. The second kappa shape index (κ2) is 5.41. The van der Waals surface area contributed by atoms with Crippen LogP contribution in [0.4, 0.5) is 4.79 Å². The Morgan fingerprint density at radius 3 is 3.00 bits per heavy atom. The van der Waals surface area contributed by atoms with Gasteiger partial charge >= 0.3 is 6.09 Å². The maximum atomic E-state index is 12.1. The van der Waals surface area contributed by atoms with Crippen molar-refractivity contribution in [1.29, 1.82) is 0 Å². The summed E-state index contributed by atoms with van der Waals surface area (Å²) in [5, 5.41) is 10.0. The Bertz CT molecular complexity index is 716. The average Bonchev–Trinajstić information content (AvgIpc) is 2.82. The fourth-order valence-electron chi connectivity index (χ4n) is 4.22. The predicted octanol–water partition coefficient (Wildman–Crippen LogP) is 1.99. The monoisotopic (exact) mass is 331 g/mol. The lowest BCUT2D eigenvalue weighted by atomic mass is 9.69. The van der Waals surface area contributed by atoms with Crippen molar-refractivity contribution in [2.75, 3.05) is 20.8 Å². The van der Waals surface area contributed by atoms with Crippen molar-refractivity contribution in [3.63, 3.8) is 0 Å². The van der Waals surface area contributed by atoms with Crippen molar-refractivity contribution < 1.29 is 24.1 Å². The summed E-state index contributed by atoms with van der Waals surface area (Å²) in [4.78, 5) is 13.8. The molecule has 3 atom stereocenters. The molecule has 128 valence electrons. The number of carbonyl (C=O) groups is 1. The maximum Gasteiger partial charge on any atom is 0.409 e. The van der Waals surface area contributed by atoms with Crippen LogP contribution in [0.5, 0.6) is 11.5 Å². The summed E-state index contributed by atoms with van der Waals surface area (Å²) in [5.74, 6) is 1.43. The quantitative estimate of drug-likeness (QED) is 0.797. The van der Waals surface area contributed by atoms with Gasteiger partial charge < -0.3 is 24.2 Å². The summed E-state index contributed by atoms with van der Waals surface area (Å²) in [6, 6.07) is 3.87. The third-order valence-corrected chi connectivity index (χ3v) is 5.39. The van der Waals surface area contributed by atoms with Crippen molar-refractivity contribution >= 4 is 6.09 Å². The zero-order chi connectivity index (χ0) is 16.9. The van der Waals surface area contributed by atoms with Gasteiger partial charge in [0.05, 0.1) is 25.7 Å². The molecule has 1 aromatic rings. The van der Waals surface area contributed by atoms with Gasteiger partial charge in [0, 0.05) is 25.1 Å². The smallest absolute Gasteiger partial charge is 0.409 e. The second-order valence-electron chi connectivity index (χ2n) is 6.58. The highest BCUT2D eigenvalue weighted by Gasteiger charge is 2.53. The standard InChI is InChI=1S/C18H21NO5/c1-22-13-4-3-11-10-19(17(21)23-2)8-7-18-6-5-12(20)9-14(18)24-16(13)15(11)18/h3-6,12,14,20H,7-10H2,1-2H3/t12?,14-,18?/m0/s1. The van der Waals surface area contributed by atoms with Gasteiger partial charge in [0.1, 0.15) is 6.10 Å². The molecule has 1 aromatic carbocycles. The minimum absolute atomic E-state index is 0.153. The lowest BCUT2D eigenvalue weighted by Crippen LogP contribution is -2.43. The second-order valence-corrected chi connectivity index (χ2v) is 6.58. The van der Waals surface area contributed by atoms with E-state index in [-0.39, 0.29) is 17.6 Å². The Kier molecular flexibility index (Phi) is 3.46. The maximum absolute atomic E-state index is 12.1. The van der Waals surface area contributed by atoms with Crippen LogP contribution in [0.25, 0.3) is 0 Å². The van der Waals surface area contributed by atoms with Crippen LogP contribution in [0.1, 0.15) is 24.0 Å². The molecule has 0 radical (unpaired) electrons. The summed E-state index contributed by atoms with van der Waals surface area (Å²) < 4.78 is 16.6. The highest BCUT2D eigenvalue weighted by molar-refractivity contribution is 5.69. The van der Waals surface area contributed by atoms with E-state index < -0.39 is 6.10 Å². The normalized spacial score (nSPS) is 30.0. The topological polar surface area (TPSA) is 68.2 Å². The number of aliphatic hydroxyl groups excluding tert-OH is 1. The Morgan fingerprint density at radius 1 is 1.42 bits per heavy atom. The number of hydrogen-bond acceptors (Lipinski definition) is 5. The Hall–Kier alpha value is -2.21. The third kappa shape index (κ3) is 2.02. The molecule has 0 bridgehead atoms. The number of carbonyl (C=O) groups excluding carboxylic acids is 1. The first kappa shape index (κ1) is 15.3. The van der Waals surface area contributed by atoms with Gasteiger partial charge in [0.2, 0.25) is 0 Å². The number of rotatable bonds is 1. The van der Waals surface area contributed by atoms with Gasteiger partial charge in [-0.25, -0.2) is 4.79 Å². The van der Waals surface area contributed by atoms with Crippen molar-refractivity contribution in [2.45, 2.75) is 37.0 Å². The molecule has 2 heterocycles. The number of nitrogens with zero attached hydrogens (tertiary/aromatic N) is 1. The van der Waals surface area contributed by atoms with E-state index in [9.17, 15) is 9.90 Å². The molecule has 6 nitrogen and oxygen atoms in total. The number of ether oxygens (including phenoxy) is 3. The van der Waals surface area contributed by atoms with Crippen molar-refractivity contribution in [3.05, 3.63) is 35.4 Å². The van der Waals surface area contributed by atoms with E-state index in [0.717, 1.165) is 23.3 Å². The number of methoxy groups -OCH3 is 2. The minimum Gasteiger partial charge on any atom is -0.493 e. The van der Waals surface area contributed by atoms with Crippen LogP contribution in [0, 0.1) is 0 Å². The first-order valence-electron chi connectivity index (χ1n) is 8.16. The molecule has 0 saturated heterocycles. The van der Waals surface area contributed by atoms with E-state index in [1.807, 2.05) is 18.2 Å². The molecule has 2 aliphatic heterocycles. The number of benzene rings is 1. The van der Waals surface area contributed by atoms with Gasteiger partial charge in [-0.2, -0.15) is 0 Å². The van der Waals surface area contributed by atoms with Gasteiger partial charge in [-0.1, -0.05) is 18.2 Å². The molecule has 3 aliphatic rings. The SMILES string of the molecule is COC(=O)N1CCC23C=CC(O)C[C@@H]2Oc2c(OC)ccc(c23)C1. The lowest BCUT2D eigenvalue weighted by molar-refractivity contribution is 0.0782. The van der Waals surface area contributed by atoms with Crippen LogP contribution in [0.15, 0.2) is 24.3 Å². The lowest BCUT2D eigenvalue weighted by Gasteiger charge is -2.35. The van der Waals surface area contributed by atoms with Crippen molar-refractivity contribution in [3.8, 4) is 11.5 Å². The number of hydrogen-bond donors (Lipinski definition) is 1. The summed E-state index contributed by atoms with van der Waals surface area (Å²) in [5.41, 5.74) is 1.79. The fourth-order valence-corrected chi connectivity index (χ4v) is 4.22. The molecular formula is C18H21NO5. The zero-order valence-electron chi connectivity index (χ0n) is 13.8. The van der Waals surface area contributed by atoms with E-state index in [4.69, 9.17) is 14.2 Å². The Morgan fingerprint density at radius 2 is 2.25 bits per heavy atom. The highest BCUT2D eigenvalue weighted by atomic mass is 16.5. The largest absolute Gasteiger partial charge is 0.493 e. The molecule has 2 unspecified atom stereocenters. The van der Waals surface area contributed by atoms with Crippen molar-refractivity contribution in [2.24, 2.45) is 0 Å². The summed E-state index contributed by atoms with van der Waals surface area (Å²) in [7, 11) is 3.02. The molecular weight excluding hydrogens is 310 g/mol. The molecule has 24 heavy (non-hydrogen) atoms. The van der Waals surface area contributed by atoms with Crippen LogP contribution in [-0.4, -0.2) is 49.1 Å². The first-order chi connectivity index (χ1) is 11.6. The molecule has 1 spiro atoms. The van der Waals surface area contributed by atoms with Crippen LogP contribution in [-0.2, 0) is 16.7 Å². The summed E-state index contributed by atoms with van der Waals surface area (Å²) in [6.07, 6.45) is 4.17. The molecule has 6 heteroatoms. The van der Waals surface area contributed by atoms with Crippen molar-refractivity contribution in [1.82, 2.24) is 4.90 Å². The van der Waals surface area contributed by atoms with E-state index in [2.05, 4.69) is 6.08 Å². The molecule has 0 aromatic heterocycles. The zero-order valence-corrected chi connectivity index (χ0v) is 13.8. The van der Waals surface area contributed by atoms with Gasteiger partial charge in [-0.05, 0) is 18.1 Å². The van der Waals surface area contributed by atoms with Gasteiger partial charge in [-0.3, -0.25) is 0 Å². The minimum atomic E-state index is -0.510. The molecule has 0 saturated carbocycles. The predicted molar refractivity (Wildman–Crippen MR) is 86.3 cm³/mol. The Labute approximate surface area is 140 Å². The number of aliphatic hydroxyl groups is 1.